The first-order chi connectivity index (χ1) is 11.8. The first kappa shape index (κ1) is 14.7. The van der Waals surface area contributed by atoms with E-state index in [2.05, 4.69) is 52.2 Å². The fourth-order valence-corrected chi connectivity index (χ4v) is 3.66. The largest absolute Gasteiger partial charge is 0.313 e. The minimum Gasteiger partial charge on any atom is -0.313 e. The number of aromatic nitrogens is 2. The van der Waals surface area contributed by atoms with Crippen LogP contribution in [0.15, 0.2) is 54.9 Å². The molecule has 0 spiro atoms. The Morgan fingerprint density at radius 3 is 2.58 bits per heavy atom. The summed E-state index contributed by atoms with van der Waals surface area (Å²) in [4.78, 5) is 4.57. The number of fused-ring (bicyclic) bond motifs is 1. The van der Waals surface area contributed by atoms with Crippen LogP contribution in [0.2, 0.25) is 0 Å². The lowest BCUT2D eigenvalue weighted by Crippen LogP contribution is -2.27. The van der Waals surface area contributed by atoms with Crippen LogP contribution < -0.4 is 0 Å². The molecule has 24 heavy (non-hydrogen) atoms. The Labute approximate surface area is 141 Å². The Morgan fingerprint density at radius 1 is 1.04 bits per heavy atom. The molecule has 1 aromatic carbocycles. The van der Waals surface area contributed by atoms with E-state index in [1.165, 1.54) is 0 Å². The normalized spacial score (nSPS) is 16.6. The van der Waals surface area contributed by atoms with E-state index in [1.54, 1.807) is 0 Å². The Morgan fingerprint density at radius 2 is 1.83 bits per heavy atom. The van der Waals surface area contributed by atoms with E-state index >= 15 is 0 Å². The molecule has 1 aliphatic rings. The fraction of sp³-hybridized carbons (Fsp3) is 0.238. The smallest absolute Gasteiger partial charge is 0.141 e. The molecule has 1 fully saturated rings. The van der Waals surface area contributed by atoms with E-state index in [-0.39, 0.29) is 0 Å². The Bertz CT molecular complexity index is 923. The number of nitrogens with zero attached hydrogens (tertiary/aromatic N) is 3. The van der Waals surface area contributed by atoms with Crippen molar-refractivity contribution in [1.29, 1.82) is 5.26 Å². The van der Waals surface area contributed by atoms with E-state index in [0.29, 0.717) is 0 Å². The molecule has 4 rings (SSSR count). The third kappa shape index (κ3) is 2.41. The summed E-state index contributed by atoms with van der Waals surface area (Å²) in [6.07, 6.45) is 12.2. The minimum absolute atomic E-state index is 0.439. The summed E-state index contributed by atoms with van der Waals surface area (Å²) in [5.41, 5.74) is 2.75. The summed E-state index contributed by atoms with van der Waals surface area (Å²) in [5.74, 6) is 0. The van der Waals surface area contributed by atoms with Crippen molar-refractivity contribution in [1.82, 2.24) is 9.55 Å². The number of hydrogen-bond acceptors (Lipinski definition) is 2. The number of nitriles is 1. The third-order valence-electron chi connectivity index (χ3n) is 4.95. The molecule has 0 aliphatic heterocycles. The maximum absolute atomic E-state index is 9.83. The van der Waals surface area contributed by atoms with Gasteiger partial charge in [0.1, 0.15) is 11.2 Å². The van der Waals surface area contributed by atoms with Crippen molar-refractivity contribution < 1.29 is 0 Å². The van der Waals surface area contributed by atoms with E-state index in [1.807, 2.05) is 30.5 Å². The van der Waals surface area contributed by atoms with Gasteiger partial charge in [0.15, 0.2) is 0 Å². The highest BCUT2D eigenvalue weighted by Gasteiger charge is 2.37. The van der Waals surface area contributed by atoms with E-state index in [0.717, 1.165) is 47.8 Å². The summed E-state index contributed by atoms with van der Waals surface area (Å²) in [7, 11) is 0. The van der Waals surface area contributed by atoms with Crippen molar-refractivity contribution >= 4 is 23.2 Å². The van der Waals surface area contributed by atoms with Gasteiger partial charge in [0.05, 0.1) is 6.07 Å². The molecular formula is C21H19N3. The predicted octanol–water partition coefficient (Wildman–Crippen LogP) is 5.00. The van der Waals surface area contributed by atoms with Gasteiger partial charge in [-0.3, -0.25) is 0 Å². The molecule has 0 bridgehead atoms. The van der Waals surface area contributed by atoms with Crippen LogP contribution in [0.5, 0.6) is 0 Å². The molecule has 3 nitrogen and oxygen atoms in total. The summed E-state index contributed by atoms with van der Waals surface area (Å²) < 4.78 is 2.11. The van der Waals surface area contributed by atoms with E-state index in [9.17, 15) is 5.26 Å². The second kappa shape index (κ2) is 5.98. The molecular weight excluding hydrogens is 294 g/mol. The SMILES string of the molecule is N#CC1(n2cc(C=Cc3ccccc3)c3cccnc32)CCCC1. The van der Waals surface area contributed by atoms with Crippen molar-refractivity contribution in [2.24, 2.45) is 0 Å². The molecule has 118 valence electrons. The van der Waals surface area contributed by atoms with Crippen LogP contribution in [0.1, 0.15) is 36.8 Å². The van der Waals surface area contributed by atoms with Crippen LogP contribution >= 0.6 is 0 Å². The van der Waals surface area contributed by atoms with Crippen molar-refractivity contribution in [3.63, 3.8) is 0 Å². The third-order valence-corrected chi connectivity index (χ3v) is 4.95. The van der Waals surface area contributed by atoms with Crippen LogP contribution in [0, 0.1) is 11.3 Å². The van der Waals surface area contributed by atoms with Crippen LogP contribution in [0.25, 0.3) is 23.2 Å². The molecule has 0 atom stereocenters. The maximum Gasteiger partial charge on any atom is 0.141 e. The first-order valence-corrected chi connectivity index (χ1v) is 8.43. The number of pyridine rings is 1. The van der Waals surface area contributed by atoms with Gasteiger partial charge in [-0.05, 0) is 43.4 Å². The van der Waals surface area contributed by atoms with Gasteiger partial charge >= 0.3 is 0 Å². The molecule has 3 heteroatoms. The molecule has 2 heterocycles. The molecule has 0 saturated heterocycles. The number of benzene rings is 1. The predicted molar refractivity (Wildman–Crippen MR) is 97.2 cm³/mol. The number of rotatable bonds is 3. The van der Waals surface area contributed by atoms with Gasteiger partial charge in [-0.25, -0.2) is 4.98 Å². The van der Waals surface area contributed by atoms with E-state index in [4.69, 9.17) is 0 Å². The molecule has 2 aromatic heterocycles. The van der Waals surface area contributed by atoms with Crippen LogP contribution in [0.3, 0.4) is 0 Å². The molecule has 0 radical (unpaired) electrons. The highest BCUT2D eigenvalue weighted by Crippen LogP contribution is 2.39. The Balaban J connectivity index is 1.83. The summed E-state index contributed by atoms with van der Waals surface area (Å²) in [6.45, 7) is 0. The zero-order valence-corrected chi connectivity index (χ0v) is 13.5. The average Bonchev–Trinajstić information content (AvgIpc) is 3.26. The van der Waals surface area contributed by atoms with Crippen molar-refractivity contribution in [3.05, 3.63) is 66.0 Å². The fourth-order valence-electron chi connectivity index (χ4n) is 3.66. The molecule has 0 amide bonds. The van der Waals surface area contributed by atoms with Gasteiger partial charge in [-0.2, -0.15) is 5.26 Å². The van der Waals surface area contributed by atoms with Crippen LogP contribution in [0.4, 0.5) is 0 Å². The molecule has 0 N–H and O–H groups in total. The topological polar surface area (TPSA) is 41.6 Å². The van der Waals surface area contributed by atoms with Crippen LogP contribution in [-0.4, -0.2) is 9.55 Å². The average molecular weight is 313 g/mol. The summed E-state index contributed by atoms with van der Waals surface area (Å²) in [6, 6.07) is 16.9. The van der Waals surface area contributed by atoms with E-state index < -0.39 is 5.54 Å². The van der Waals surface area contributed by atoms with Gasteiger partial charge in [-0.15, -0.1) is 0 Å². The maximum atomic E-state index is 9.83. The Kier molecular flexibility index (Phi) is 3.66. The van der Waals surface area contributed by atoms with Crippen molar-refractivity contribution in [3.8, 4) is 6.07 Å². The molecule has 1 aliphatic carbocycles. The minimum atomic E-state index is -0.439. The van der Waals surface area contributed by atoms with Gasteiger partial charge in [0.2, 0.25) is 0 Å². The quantitative estimate of drug-likeness (QED) is 0.683. The molecule has 0 unspecified atom stereocenters. The zero-order chi connectivity index (χ0) is 16.4. The highest BCUT2D eigenvalue weighted by atomic mass is 15.1. The summed E-state index contributed by atoms with van der Waals surface area (Å²) in [5, 5.41) is 10.9. The van der Waals surface area contributed by atoms with Gasteiger partial charge in [0.25, 0.3) is 0 Å². The van der Waals surface area contributed by atoms with Crippen molar-refractivity contribution in [2.75, 3.05) is 0 Å². The lowest BCUT2D eigenvalue weighted by atomic mass is 10.00. The monoisotopic (exact) mass is 313 g/mol. The van der Waals surface area contributed by atoms with Crippen molar-refractivity contribution in [2.45, 2.75) is 31.2 Å². The standard InChI is InChI=1S/C21H19N3/c22-16-21(12-4-5-13-21)24-15-18(19-9-6-14-23-20(19)24)11-10-17-7-2-1-3-8-17/h1-3,6-11,14-15H,4-5,12-13H2. The summed E-state index contributed by atoms with van der Waals surface area (Å²) >= 11 is 0. The highest BCUT2D eigenvalue weighted by molar-refractivity contribution is 5.90. The molecule has 3 aromatic rings. The Hall–Kier alpha value is -2.86. The zero-order valence-electron chi connectivity index (χ0n) is 13.5. The van der Waals surface area contributed by atoms with Gasteiger partial charge < -0.3 is 4.57 Å². The lowest BCUT2D eigenvalue weighted by molar-refractivity contribution is 0.405. The second-order valence-corrected chi connectivity index (χ2v) is 6.42. The van der Waals surface area contributed by atoms with Crippen LogP contribution in [-0.2, 0) is 5.54 Å². The second-order valence-electron chi connectivity index (χ2n) is 6.42. The number of hydrogen-bond donors (Lipinski definition) is 0. The first-order valence-electron chi connectivity index (χ1n) is 8.43. The molecule has 1 saturated carbocycles. The van der Waals surface area contributed by atoms with Gasteiger partial charge in [0, 0.05) is 23.3 Å². The van der Waals surface area contributed by atoms with Gasteiger partial charge in [-0.1, -0.05) is 42.5 Å². The lowest BCUT2D eigenvalue weighted by Gasteiger charge is -2.23.